The highest BCUT2D eigenvalue weighted by molar-refractivity contribution is 7.89. The smallest absolute Gasteiger partial charge is 0.240 e. The van der Waals surface area contributed by atoms with Crippen molar-refractivity contribution < 1.29 is 8.42 Å². The van der Waals surface area contributed by atoms with E-state index in [4.69, 9.17) is 0 Å². The van der Waals surface area contributed by atoms with Gasteiger partial charge in [0.2, 0.25) is 10.0 Å². The summed E-state index contributed by atoms with van der Waals surface area (Å²) in [6.07, 6.45) is 7.96. The first kappa shape index (κ1) is 19.5. The Kier molecular flexibility index (Phi) is 5.16. The van der Waals surface area contributed by atoms with Gasteiger partial charge in [-0.2, -0.15) is 0 Å². The van der Waals surface area contributed by atoms with Crippen LogP contribution >= 0.6 is 0 Å². The van der Waals surface area contributed by atoms with E-state index in [0.29, 0.717) is 16.6 Å². The second kappa shape index (κ2) is 7.96. The highest BCUT2D eigenvalue weighted by Gasteiger charge is 2.23. The molecule has 1 N–H and O–H groups in total. The minimum Gasteiger partial charge on any atom is -0.282 e. The molecule has 3 aromatic rings. The van der Waals surface area contributed by atoms with Gasteiger partial charge in [-0.3, -0.25) is 4.57 Å². The molecule has 0 atom stereocenters. The Balaban J connectivity index is 1.33. The van der Waals surface area contributed by atoms with Crippen molar-refractivity contribution in [3.63, 3.8) is 0 Å². The minimum absolute atomic E-state index is 0.105. The van der Waals surface area contributed by atoms with Gasteiger partial charge in [-0.1, -0.05) is 49.6 Å². The summed E-state index contributed by atoms with van der Waals surface area (Å²) in [5, 5.41) is 8.53. The Morgan fingerprint density at radius 2 is 1.70 bits per heavy atom. The Morgan fingerprint density at radius 3 is 2.50 bits per heavy atom. The van der Waals surface area contributed by atoms with E-state index in [-0.39, 0.29) is 6.54 Å². The monoisotopic (exact) mass is 422 g/mol. The van der Waals surface area contributed by atoms with Crippen molar-refractivity contribution in [2.24, 2.45) is 0 Å². The lowest BCUT2D eigenvalue weighted by Crippen LogP contribution is -2.26. The summed E-state index contributed by atoms with van der Waals surface area (Å²) < 4.78 is 30.4. The molecule has 2 aromatic carbocycles. The molecule has 156 valence electrons. The van der Waals surface area contributed by atoms with E-state index >= 15 is 0 Å². The van der Waals surface area contributed by atoms with E-state index < -0.39 is 10.0 Å². The number of rotatable bonds is 5. The van der Waals surface area contributed by atoms with Gasteiger partial charge in [0, 0.05) is 6.42 Å². The van der Waals surface area contributed by atoms with Gasteiger partial charge < -0.3 is 0 Å². The molecule has 0 bridgehead atoms. The molecular formula is C23H26N4O2S. The first-order chi connectivity index (χ1) is 14.6. The third kappa shape index (κ3) is 3.68. The molecule has 1 fully saturated rings. The fourth-order valence-corrected chi connectivity index (χ4v) is 5.67. The van der Waals surface area contributed by atoms with Crippen LogP contribution in [0, 0.1) is 0 Å². The highest BCUT2D eigenvalue weighted by Crippen LogP contribution is 2.33. The van der Waals surface area contributed by atoms with Gasteiger partial charge >= 0.3 is 0 Å². The third-order valence-corrected chi connectivity index (χ3v) is 7.75. The quantitative estimate of drug-likeness (QED) is 0.677. The largest absolute Gasteiger partial charge is 0.282 e. The van der Waals surface area contributed by atoms with Crippen LogP contribution in [0.15, 0.2) is 53.4 Å². The molecule has 1 saturated carbocycles. The molecule has 0 saturated heterocycles. The van der Waals surface area contributed by atoms with E-state index in [1.54, 1.807) is 12.1 Å². The molecule has 0 amide bonds. The fourth-order valence-electron chi connectivity index (χ4n) is 4.69. The molecule has 1 aliphatic heterocycles. The summed E-state index contributed by atoms with van der Waals surface area (Å²) in [7, 11) is -3.62. The molecule has 0 radical (unpaired) electrons. The van der Waals surface area contributed by atoms with Gasteiger partial charge in [0.1, 0.15) is 5.82 Å². The number of nitrogens with zero attached hydrogens (tertiary/aromatic N) is 3. The fraction of sp³-hybridized carbons (Fsp3) is 0.391. The van der Waals surface area contributed by atoms with Crippen molar-refractivity contribution in [2.45, 2.75) is 62.3 Å². The lowest BCUT2D eigenvalue weighted by atomic mass is 9.84. The number of para-hydroxylation sites is 1. The Bertz CT molecular complexity index is 1150. The molecule has 0 spiro atoms. The van der Waals surface area contributed by atoms with Gasteiger partial charge in [-0.05, 0) is 54.5 Å². The Hall–Kier alpha value is -2.51. The number of fused-ring (bicyclic) bond motifs is 3. The second-order valence-corrected chi connectivity index (χ2v) is 9.99. The Morgan fingerprint density at radius 1 is 0.933 bits per heavy atom. The number of sulfonamides is 1. The molecule has 1 aliphatic carbocycles. The lowest BCUT2D eigenvalue weighted by molar-refractivity contribution is 0.443. The average molecular weight is 423 g/mol. The molecule has 7 heteroatoms. The van der Waals surface area contributed by atoms with Crippen molar-refractivity contribution in [1.29, 1.82) is 0 Å². The van der Waals surface area contributed by atoms with Crippen LogP contribution in [0.5, 0.6) is 0 Å². The van der Waals surface area contributed by atoms with Crippen LogP contribution in [-0.4, -0.2) is 23.2 Å². The third-order valence-electron chi connectivity index (χ3n) is 6.33. The number of nitrogens with one attached hydrogen (secondary N) is 1. The number of hydrogen-bond acceptors (Lipinski definition) is 4. The Labute approximate surface area is 177 Å². The molecular weight excluding hydrogens is 396 g/mol. The van der Waals surface area contributed by atoms with Gasteiger partial charge in [-0.15, -0.1) is 10.2 Å². The predicted octanol–water partition coefficient (Wildman–Crippen LogP) is 3.89. The highest BCUT2D eigenvalue weighted by atomic mass is 32.2. The molecule has 30 heavy (non-hydrogen) atoms. The predicted molar refractivity (Wildman–Crippen MR) is 115 cm³/mol. The van der Waals surface area contributed by atoms with Gasteiger partial charge in [0.15, 0.2) is 5.82 Å². The van der Waals surface area contributed by atoms with Crippen LogP contribution in [0.25, 0.3) is 5.69 Å². The zero-order valence-corrected chi connectivity index (χ0v) is 17.7. The van der Waals surface area contributed by atoms with E-state index in [9.17, 15) is 8.42 Å². The topological polar surface area (TPSA) is 76.9 Å². The summed E-state index contributed by atoms with van der Waals surface area (Å²) in [5.74, 6) is 2.05. The van der Waals surface area contributed by atoms with Crippen LogP contribution in [0.4, 0.5) is 0 Å². The van der Waals surface area contributed by atoms with Crippen molar-refractivity contribution in [3.05, 3.63) is 71.3 Å². The minimum atomic E-state index is -3.62. The molecule has 2 heterocycles. The summed E-state index contributed by atoms with van der Waals surface area (Å²) >= 11 is 0. The first-order valence-corrected chi connectivity index (χ1v) is 12.2. The summed E-state index contributed by atoms with van der Waals surface area (Å²) in [5.41, 5.74) is 3.51. The molecule has 0 unspecified atom stereocenters. The van der Waals surface area contributed by atoms with E-state index in [1.807, 2.05) is 34.9 Å². The summed E-state index contributed by atoms with van der Waals surface area (Å²) in [4.78, 5) is 0.292. The molecule has 5 rings (SSSR count). The van der Waals surface area contributed by atoms with Crippen molar-refractivity contribution in [3.8, 4) is 5.69 Å². The first-order valence-electron chi connectivity index (χ1n) is 10.7. The van der Waals surface area contributed by atoms with Gasteiger partial charge in [0.25, 0.3) is 0 Å². The van der Waals surface area contributed by atoms with Crippen molar-refractivity contribution >= 4 is 10.0 Å². The normalized spacial score (nSPS) is 16.8. The van der Waals surface area contributed by atoms with Crippen molar-refractivity contribution in [1.82, 2.24) is 19.5 Å². The van der Waals surface area contributed by atoms with Crippen LogP contribution in [0.3, 0.4) is 0 Å². The van der Waals surface area contributed by atoms with Crippen LogP contribution < -0.4 is 4.72 Å². The average Bonchev–Trinajstić information content (AvgIpc) is 3.22. The number of aryl methyl sites for hydroxylation is 2. The van der Waals surface area contributed by atoms with E-state index in [0.717, 1.165) is 24.4 Å². The maximum absolute atomic E-state index is 12.9. The van der Waals surface area contributed by atoms with Crippen molar-refractivity contribution in [2.75, 3.05) is 0 Å². The number of hydrogen-bond donors (Lipinski definition) is 1. The SMILES string of the molecule is O=S(=O)(NCc1nnc2n1-c1ccccc1CC2)c1ccc(C2CCCCC2)cc1. The van der Waals surface area contributed by atoms with Crippen LogP contribution in [0.2, 0.25) is 0 Å². The molecule has 2 aliphatic rings. The zero-order chi connectivity index (χ0) is 20.6. The van der Waals surface area contributed by atoms with Gasteiger partial charge in [0.05, 0.1) is 17.1 Å². The number of aromatic nitrogens is 3. The number of benzene rings is 2. The lowest BCUT2D eigenvalue weighted by Gasteiger charge is -2.22. The zero-order valence-electron chi connectivity index (χ0n) is 16.9. The molecule has 1 aromatic heterocycles. The second-order valence-electron chi connectivity index (χ2n) is 8.23. The summed E-state index contributed by atoms with van der Waals surface area (Å²) in [6.45, 7) is 0.105. The maximum Gasteiger partial charge on any atom is 0.240 e. The van der Waals surface area contributed by atoms with E-state index in [1.165, 1.54) is 43.2 Å². The summed E-state index contributed by atoms with van der Waals surface area (Å²) in [6, 6.07) is 15.5. The standard InChI is InChI=1S/C23H26N4O2S/c28-30(29,20-13-10-18(11-14-20)17-6-2-1-3-7-17)24-16-23-26-25-22-15-12-19-8-4-5-9-21(19)27(22)23/h4-5,8-11,13-14,17,24H,1-3,6-7,12,15-16H2. The van der Waals surface area contributed by atoms with Gasteiger partial charge in [-0.25, -0.2) is 13.1 Å². The van der Waals surface area contributed by atoms with Crippen LogP contribution in [0.1, 0.15) is 60.8 Å². The molecule has 6 nitrogen and oxygen atoms in total. The van der Waals surface area contributed by atoms with Crippen LogP contribution in [-0.2, 0) is 29.4 Å². The maximum atomic E-state index is 12.9. The van der Waals surface area contributed by atoms with E-state index in [2.05, 4.69) is 21.0 Å².